The van der Waals surface area contributed by atoms with Gasteiger partial charge in [-0.2, -0.15) is 0 Å². The normalized spacial score (nSPS) is 13.1. The Morgan fingerprint density at radius 2 is 0.600 bits per heavy atom. The van der Waals surface area contributed by atoms with Gasteiger partial charge in [0.25, 0.3) is 0 Å². The third-order valence-corrected chi connectivity index (χ3v) is 12.1. The van der Waals surface area contributed by atoms with Crippen LogP contribution >= 0.6 is 0 Å². The van der Waals surface area contributed by atoms with Crippen LogP contribution in [-0.2, 0) is 5.41 Å². The molecule has 55 heavy (non-hydrogen) atoms. The minimum absolute atomic E-state index is 0.193. The molecule has 10 aromatic rings. The first-order valence-corrected chi connectivity index (χ1v) is 19.3. The van der Waals surface area contributed by atoms with E-state index in [-0.39, 0.29) is 5.41 Å². The molecule has 0 heteroatoms. The summed E-state index contributed by atoms with van der Waals surface area (Å²) >= 11 is 0. The van der Waals surface area contributed by atoms with Gasteiger partial charge in [-0.3, -0.25) is 0 Å². The van der Waals surface area contributed by atoms with Crippen LogP contribution in [0.15, 0.2) is 194 Å². The van der Waals surface area contributed by atoms with E-state index in [0.29, 0.717) is 0 Å². The molecule has 0 saturated carbocycles. The monoisotopic (exact) mass is 698 g/mol. The van der Waals surface area contributed by atoms with Crippen molar-refractivity contribution in [3.8, 4) is 55.6 Å². The number of fused-ring (bicyclic) bond motifs is 2. The Balaban J connectivity index is 1.12. The van der Waals surface area contributed by atoms with Crippen LogP contribution in [0.2, 0.25) is 0 Å². The average molecular weight is 699 g/mol. The zero-order valence-corrected chi connectivity index (χ0v) is 31.0. The van der Waals surface area contributed by atoms with Crippen molar-refractivity contribution in [1.29, 1.82) is 0 Å². The van der Waals surface area contributed by atoms with Gasteiger partial charge in [-0.15, -0.1) is 0 Å². The van der Waals surface area contributed by atoms with Crippen molar-refractivity contribution < 1.29 is 0 Å². The Morgan fingerprint density at radius 1 is 0.273 bits per heavy atom. The van der Waals surface area contributed by atoms with Crippen molar-refractivity contribution >= 4 is 43.1 Å². The minimum Gasteiger partial charge on any atom is -0.0622 e. The molecule has 1 aliphatic carbocycles. The van der Waals surface area contributed by atoms with Gasteiger partial charge in [-0.25, -0.2) is 0 Å². The number of hydrogen-bond donors (Lipinski definition) is 0. The summed E-state index contributed by atoms with van der Waals surface area (Å²) in [6.07, 6.45) is 0. The van der Waals surface area contributed by atoms with Gasteiger partial charge in [0.15, 0.2) is 0 Å². The van der Waals surface area contributed by atoms with Crippen molar-refractivity contribution in [3.05, 3.63) is 205 Å². The van der Waals surface area contributed by atoms with Crippen molar-refractivity contribution in [2.45, 2.75) is 19.3 Å². The van der Waals surface area contributed by atoms with E-state index in [1.54, 1.807) is 0 Å². The molecule has 0 aliphatic heterocycles. The maximum Gasteiger partial charge on any atom is 0.0159 e. The Hall–Kier alpha value is -6.76. The van der Waals surface area contributed by atoms with Gasteiger partial charge < -0.3 is 0 Å². The van der Waals surface area contributed by atoms with Gasteiger partial charge in [0.05, 0.1) is 0 Å². The largest absolute Gasteiger partial charge is 0.0622 e. The van der Waals surface area contributed by atoms with Crippen molar-refractivity contribution in [2.24, 2.45) is 0 Å². The zero-order chi connectivity index (χ0) is 36.7. The number of benzene rings is 10. The zero-order valence-electron chi connectivity index (χ0n) is 31.0. The summed E-state index contributed by atoms with van der Waals surface area (Å²) in [5.41, 5.74) is 15.2. The summed E-state index contributed by atoms with van der Waals surface area (Å²) in [4.78, 5) is 0. The molecule has 10 aromatic carbocycles. The molecule has 0 bridgehead atoms. The maximum absolute atomic E-state index is 2.52. The van der Waals surface area contributed by atoms with Crippen molar-refractivity contribution in [3.63, 3.8) is 0 Å². The summed E-state index contributed by atoms with van der Waals surface area (Å²) in [6, 6.07) is 72.0. The van der Waals surface area contributed by atoms with Crippen LogP contribution in [0.25, 0.3) is 98.7 Å². The first-order chi connectivity index (χ1) is 27.0. The molecule has 0 N–H and O–H groups in total. The predicted octanol–water partition coefficient (Wildman–Crippen LogP) is 15.3. The summed E-state index contributed by atoms with van der Waals surface area (Å²) in [5, 5.41) is 10.5. The molecule has 258 valence electrons. The fraction of sp³-hybridized carbons (Fsp3) is 0.0545. The van der Waals surface area contributed by atoms with Crippen LogP contribution in [-0.4, -0.2) is 0 Å². The minimum atomic E-state index is -0.193. The second-order valence-corrected chi connectivity index (χ2v) is 15.7. The van der Waals surface area contributed by atoms with E-state index >= 15 is 0 Å². The van der Waals surface area contributed by atoms with Gasteiger partial charge >= 0.3 is 0 Å². The second kappa shape index (κ2) is 12.1. The second-order valence-electron chi connectivity index (χ2n) is 15.7. The highest BCUT2D eigenvalue weighted by atomic mass is 14.4. The number of hydrogen-bond acceptors (Lipinski definition) is 0. The van der Waals surface area contributed by atoms with Gasteiger partial charge in [-0.1, -0.05) is 166 Å². The Bertz CT molecular complexity index is 3020. The van der Waals surface area contributed by atoms with Crippen LogP contribution in [0.5, 0.6) is 0 Å². The van der Waals surface area contributed by atoms with Gasteiger partial charge in [0.1, 0.15) is 0 Å². The molecule has 0 aromatic heterocycles. The SMILES string of the molecule is CC1(C)c2cc(-c3cc(-c4ccccc4)cc(-c4ccccc4)c3)cc3ccc4cc(-c5c6ccccc6c(-c6ccccc6)c6ccccc56)cc1c4c23. The highest BCUT2D eigenvalue weighted by Gasteiger charge is 2.35. The molecule has 11 rings (SSSR count). The van der Waals surface area contributed by atoms with E-state index in [2.05, 4.69) is 208 Å². The van der Waals surface area contributed by atoms with E-state index in [0.717, 1.165) is 0 Å². The summed E-state index contributed by atoms with van der Waals surface area (Å²) in [7, 11) is 0. The molecule has 0 atom stereocenters. The molecule has 0 spiro atoms. The number of rotatable bonds is 5. The molecule has 0 heterocycles. The lowest BCUT2D eigenvalue weighted by molar-refractivity contribution is 0.663. The molecule has 0 radical (unpaired) electrons. The summed E-state index contributed by atoms with van der Waals surface area (Å²) < 4.78 is 0. The van der Waals surface area contributed by atoms with E-state index in [9.17, 15) is 0 Å². The molecular formula is C55H38. The molecular weight excluding hydrogens is 661 g/mol. The van der Waals surface area contributed by atoms with E-state index in [4.69, 9.17) is 0 Å². The topological polar surface area (TPSA) is 0 Å². The van der Waals surface area contributed by atoms with Gasteiger partial charge in [0, 0.05) is 5.41 Å². The molecule has 0 saturated heterocycles. The highest BCUT2D eigenvalue weighted by Crippen LogP contribution is 2.53. The van der Waals surface area contributed by atoms with Gasteiger partial charge in [0.2, 0.25) is 0 Å². The molecule has 0 amide bonds. The van der Waals surface area contributed by atoms with Crippen LogP contribution < -0.4 is 0 Å². The van der Waals surface area contributed by atoms with Gasteiger partial charge in [-0.05, 0) is 152 Å². The van der Waals surface area contributed by atoms with Crippen LogP contribution in [0, 0.1) is 0 Å². The standard InChI is InChI=1S/C55H38/c1-55(2)49-33-43(42-31-40(35-16-6-3-7-17-35)30-41(32-42)36-18-8-4-9-19-36)28-38-26-27-39-29-44(34-50(55)54(39)53(38)49)52-47-24-14-12-22-45(47)51(37-20-10-5-11-21-37)46-23-13-15-25-48(46)52/h3-34H,1-2H3. The Morgan fingerprint density at radius 3 is 1.05 bits per heavy atom. The van der Waals surface area contributed by atoms with Crippen LogP contribution in [0.3, 0.4) is 0 Å². The van der Waals surface area contributed by atoms with Crippen LogP contribution in [0.1, 0.15) is 25.0 Å². The average Bonchev–Trinajstić information content (AvgIpc) is 3.48. The van der Waals surface area contributed by atoms with Crippen LogP contribution in [0.4, 0.5) is 0 Å². The van der Waals surface area contributed by atoms with Crippen molar-refractivity contribution in [1.82, 2.24) is 0 Å². The quantitative estimate of drug-likeness (QED) is 0.124. The Kier molecular flexibility index (Phi) is 7.00. The fourth-order valence-corrected chi connectivity index (χ4v) is 9.52. The lowest BCUT2D eigenvalue weighted by atomic mass is 9.79. The smallest absolute Gasteiger partial charge is 0.0159 e. The lowest BCUT2D eigenvalue weighted by Crippen LogP contribution is -2.15. The Labute approximate surface area is 322 Å². The highest BCUT2D eigenvalue weighted by molar-refractivity contribution is 6.23. The molecule has 1 aliphatic rings. The maximum atomic E-state index is 2.52. The first kappa shape index (κ1) is 31.7. The van der Waals surface area contributed by atoms with E-state index < -0.39 is 0 Å². The van der Waals surface area contributed by atoms with E-state index in [1.165, 1.54) is 110 Å². The molecule has 0 nitrogen and oxygen atoms in total. The third-order valence-electron chi connectivity index (χ3n) is 12.1. The fourth-order valence-electron chi connectivity index (χ4n) is 9.52. The van der Waals surface area contributed by atoms with Crippen molar-refractivity contribution in [2.75, 3.05) is 0 Å². The molecule has 0 unspecified atom stereocenters. The lowest BCUT2D eigenvalue weighted by Gasteiger charge is -2.24. The summed E-state index contributed by atoms with van der Waals surface area (Å²) in [6.45, 7) is 4.85. The third kappa shape index (κ3) is 4.92. The molecule has 0 fully saturated rings. The summed E-state index contributed by atoms with van der Waals surface area (Å²) in [5.74, 6) is 0. The first-order valence-electron chi connectivity index (χ1n) is 19.3. The predicted molar refractivity (Wildman–Crippen MR) is 236 cm³/mol. The van der Waals surface area contributed by atoms with E-state index in [1.807, 2.05) is 0 Å².